The van der Waals surface area contributed by atoms with E-state index >= 15 is 0 Å². The topological polar surface area (TPSA) is 61.6 Å². The summed E-state index contributed by atoms with van der Waals surface area (Å²) in [6.07, 6.45) is 6.69. The number of aromatic nitrogens is 2. The fourth-order valence-corrected chi connectivity index (χ4v) is 2.21. The van der Waals surface area contributed by atoms with E-state index in [0.717, 1.165) is 5.82 Å². The molecular weight excluding hydrogens is 200 g/mol. The lowest BCUT2D eigenvalue weighted by atomic mass is 9.86. The molecule has 0 saturated heterocycles. The van der Waals surface area contributed by atoms with Gasteiger partial charge in [-0.05, 0) is 24.8 Å². The molecule has 1 aliphatic rings. The van der Waals surface area contributed by atoms with Gasteiger partial charge >= 0.3 is 0 Å². The predicted molar refractivity (Wildman–Crippen MR) is 61.8 cm³/mol. The maximum Gasteiger partial charge on any atom is 0.234 e. The number of hydrogen-bond donors (Lipinski definition) is 1. The molecule has 4 nitrogen and oxygen atoms in total. The second kappa shape index (κ2) is 4.93. The van der Waals surface area contributed by atoms with Crippen molar-refractivity contribution in [2.24, 2.45) is 5.92 Å². The van der Waals surface area contributed by atoms with E-state index in [1.165, 1.54) is 25.7 Å². The van der Waals surface area contributed by atoms with E-state index in [2.05, 4.69) is 22.2 Å². The van der Waals surface area contributed by atoms with Crippen molar-refractivity contribution in [1.29, 1.82) is 5.26 Å². The Hall–Kier alpha value is -1.63. The van der Waals surface area contributed by atoms with Gasteiger partial charge in [-0.25, -0.2) is 9.97 Å². The number of nitrogens with zero attached hydrogens (tertiary/aromatic N) is 3. The molecule has 0 spiro atoms. The zero-order valence-corrected chi connectivity index (χ0v) is 9.48. The molecule has 0 amide bonds. The quantitative estimate of drug-likeness (QED) is 0.824. The van der Waals surface area contributed by atoms with E-state index in [-0.39, 0.29) is 5.82 Å². The summed E-state index contributed by atoms with van der Waals surface area (Å²) in [5, 5.41) is 12.1. The third-order valence-corrected chi connectivity index (χ3v) is 3.20. The van der Waals surface area contributed by atoms with Crippen molar-refractivity contribution in [1.82, 2.24) is 9.97 Å². The molecule has 1 saturated carbocycles. The highest BCUT2D eigenvalue weighted by Gasteiger charge is 2.21. The largest absolute Gasteiger partial charge is 0.367 e. The van der Waals surface area contributed by atoms with Gasteiger partial charge < -0.3 is 5.32 Å². The summed E-state index contributed by atoms with van der Waals surface area (Å²) in [6, 6.07) is 4.26. The SMILES string of the molecule is CC1CCCCC1Nc1ccnc(C#N)n1. The summed E-state index contributed by atoms with van der Waals surface area (Å²) in [7, 11) is 0. The predicted octanol–water partition coefficient (Wildman–Crippen LogP) is 2.34. The van der Waals surface area contributed by atoms with Crippen LogP contribution >= 0.6 is 0 Å². The first-order valence-corrected chi connectivity index (χ1v) is 5.79. The molecule has 0 radical (unpaired) electrons. The fraction of sp³-hybridized carbons (Fsp3) is 0.583. The summed E-state index contributed by atoms with van der Waals surface area (Å²) < 4.78 is 0. The molecule has 84 valence electrons. The molecule has 4 heteroatoms. The van der Waals surface area contributed by atoms with Crippen LogP contribution in [0.15, 0.2) is 12.3 Å². The number of nitrogens with one attached hydrogen (secondary N) is 1. The van der Waals surface area contributed by atoms with Crippen molar-refractivity contribution in [3.8, 4) is 6.07 Å². The van der Waals surface area contributed by atoms with Crippen LogP contribution in [0.4, 0.5) is 5.82 Å². The molecule has 1 aromatic heterocycles. The molecular formula is C12H16N4. The Balaban J connectivity index is 2.05. The van der Waals surface area contributed by atoms with Gasteiger partial charge in [0.05, 0.1) is 0 Å². The molecule has 1 aromatic rings. The Bertz CT molecular complexity index is 396. The summed E-state index contributed by atoms with van der Waals surface area (Å²) in [5.41, 5.74) is 0. The summed E-state index contributed by atoms with van der Waals surface area (Å²) in [4.78, 5) is 7.99. The van der Waals surface area contributed by atoms with Crippen LogP contribution in [0, 0.1) is 17.2 Å². The van der Waals surface area contributed by atoms with Crippen LogP contribution < -0.4 is 5.32 Å². The van der Waals surface area contributed by atoms with Crippen LogP contribution in [-0.2, 0) is 0 Å². The molecule has 2 unspecified atom stereocenters. The lowest BCUT2D eigenvalue weighted by Crippen LogP contribution is -2.30. The Morgan fingerprint density at radius 3 is 3.00 bits per heavy atom. The smallest absolute Gasteiger partial charge is 0.234 e. The molecule has 1 fully saturated rings. The van der Waals surface area contributed by atoms with Crippen molar-refractivity contribution >= 4 is 5.82 Å². The molecule has 0 aliphatic heterocycles. The van der Waals surface area contributed by atoms with E-state index in [1.54, 1.807) is 6.20 Å². The Morgan fingerprint density at radius 1 is 1.44 bits per heavy atom. The molecule has 2 rings (SSSR count). The van der Waals surface area contributed by atoms with Gasteiger partial charge in [-0.3, -0.25) is 0 Å². The average Bonchev–Trinajstić information content (AvgIpc) is 2.32. The second-order valence-electron chi connectivity index (χ2n) is 4.39. The van der Waals surface area contributed by atoms with Gasteiger partial charge in [-0.15, -0.1) is 0 Å². The van der Waals surface area contributed by atoms with Gasteiger partial charge in [-0.2, -0.15) is 5.26 Å². The monoisotopic (exact) mass is 216 g/mol. The van der Waals surface area contributed by atoms with Crippen molar-refractivity contribution in [3.63, 3.8) is 0 Å². The van der Waals surface area contributed by atoms with E-state index in [4.69, 9.17) is 5.26 Å². The van der Waals surface area contributed by atoms with Crippen LogP contribution in [0.2, 0.25) is 0 Å². The summed E-state index contributed by atoms with van der Waals surface area (Å²) >= 11 is 0. The fourth-order valence-electron chi connectivity index (χ4n) is 2.21. The van der Waals surface area contributed by atoms with Crippen molar-refractivity contribution in [2.75, 3.05) is 5.32 Å². The van der Waals surface area contributed by atoms with E-state index in [0.29, 0.717) is 12.0 Å². The number of hydrogen-bond acceptors (Lipinski definition) is 4. The van der Waals surface area contributed by atoms with E-state index in [1.807, 2.05) is 12.1 Å². The van der Waals surface area contributed by atoms with E-state index < -0.39 is 0 Å². The van der Waals surface area contributed by atoms with Crippen molar-refractivity contribution in [2.45, 2.75) is 38.6 Å². The third-order valence-electron chi connectivity index (χ3n) is 3.20. The van der Waals surface area contributed by atoms with Gasteiger partial charge in [0.1, 0.15) is 11.9 Å². The van der Waals surface area contributed by atoms with Gasteiger partial charge in [-0.1, -0.05) is 19.8 Å². The number of nitriles is 1. The zero-order valence-electron chi connectivity index (χ0n) is 9.48. The summed E-state index contributed by atoms with van der Waals surface area (Å²) in [5.74, 6) is 1.67. The third kappa shape index (κ3) is 2.48. The van der Waals surface area contributed by atoms with Gasteiger partial charge in [0, 0.05) is 12.2 Å². The molecule has 0 aromatic carbocycles. The van der Waals surface area contributed by atoms with Crippen LogP contribution in [0.25, 0.3) is 0 Å². The standard InChI is InChI=1S/C12H16N4/c1-9-4-2-3-5-10(9)15-11-6-7-14-12(8-13)16-11/h6-7,9-10H,2-5H2,1H3,(H,14,15,16). The maximum absolute atomic E-state index is 8.72. The highest BCUT2D eigenvalue weighted by molar-refractivity contribution is 5.36. The molecule has 16 heavy (non-hydrogen) atoms. The van der Waals surface area contributed by atoms with Gasteiger partial charge in [0.2, 0.25) is 5.82 Å². The van der Waals surface area contributed by atoms with E-state index in [9.17, 15) is 0 Å². The first-order chi connectivity index (χ1) is 7.79. The zero-order chi connectivity index (χ0) is 11.4. The summed E-state index contributed by atoms with van der Waals surface area (Å²) in [6.45, 7) is 2.27. The maximum atomic E-state index is 8.72. The van der Waals surface area contributed by atoms with Crippen LogP contribution in [0.5, 0.6) is 0 Å². The van der Waals surface area contributed by atoms with Gasteiger partial charge in [0.25, 0.3) is 0 Å². The normalized spacial score (nSPS) is 24.8. The first kappa shape index (κ1) is 10.9. The average molecular weight is 216 g/mol. The molecule has 2 atom stereocenters. The minimum Gasteiger partial charge on any atom is -0.367 e. The molecule has 0 bridgehead atoms. The minimum atomic E-state index is 0.230. The number of anilines is 1. The highest BCUT2D eigenvalue weighted by Crippen LogP contribution is 2.26. The first-order valence-electron chi connectivity index (χ1n) is 5.79. The van der Waals surface area contributed by atoms with Crippen molar-refractivity contribution < 1.29 is 0 Å². The highest BCUT2D eigenvalue weighted by atomic mass is 15.0. The molecule has 1 heterocycles. The van der Waals surface area contributed by atoms with Crippen LogP contribution in [-0.4, -0.2) is 16.0 Å². The molecule has 1 aliphatic carbocycles. The second-order valence-corrected chi connectivity index (χ2v) is 4.39. The van der Waals surface area contributed by atoms with Crippen molar-refractivity contribution in [3.05, 3.63) is 18.1 Å². The van der Waals surface area contributed by atoms with Crippen LogP contribution in [0.1, 0.15) is 38.4 Å². The molecule has 1 N–H and O–H groups in total. The lowest BCUT2D eigenvalue weighted by molar-refractivity contribution is 0.349. The lowest BCUT2D eigenvalue weighted by Gasteiger charge is -2.29. The van der Waals surface area contributed by atoms with Crippen LogP contribution in [0.3, 0.4) is 0 Å². The Morgan fingerprint density at radius 2 is 2.25 bits per heavy atom. The number of rotatable bonds is 2. The Labute approximate surface area is 95.7 Å². The Kier molecular flexibility index (Phi) is 3.35. The van der Waals surface area contributed by atoms with Gasteiger partial charge in [0.15, 0.2) is 0 Å². The minimum absolute atomic E-state index is 0.230.